The van der Waals surface area contributed by atoms with Gasteiger partial charge in [0.25, 0.3) is 11.8 Å². The van der Waals surface area contributed by atoms with Crippen LogP contribution in [-0.2, 0) is 11.3 Å². The van der Waals surface area contributed by atoms with Gasteiger partial charge in [0.1, 0.15) is 5.75 Å². The second-order valence-electron chi connectivity index (χ2n) is 10.5. The summed E-state index contributed by atoms with van der Waals surface area (Å²) in [4.78, 5) is 29.7. The lowest BCUT2D eigenvalue weighted by molar-refractivity contribution is -0.274. The fourth-order valence-corrected chi connectivity index (χ4v) is 5.43. The van der Waals surface area contributed by atoms with Gasteiger partial charge in [-0.1, -0.05) is 0 Å². The number of benzene rings is 2. The minimum Gasteiger partial charge on any atom is -0.406 e. The van der Waals surface area contributed by atoms with E-state index in [1.165, 1.54) is 12.1 Å². The third-order valence-electron chi connectivity index (χ3n) is 7.75. The van der Waals surface area contributed by atoms with Gasteiger partial charge in [-0.2, -0.15) is 5.10 Å². The van der Waals surface area contributed by atoms with Crippen LogP contribution in [0.15, 0.2) is 42.6 Å². The molecule has 1 aromatic heterocycles. The predicted octanol–water partition coefficient (Wildman–Crippen LogP) is 3.86. The van der Waals surface area contributed by atoms with Crippen molar-refractivity contribution in [2.24, 2.45) is 5.92 Å². The maximum absolute atomic E-state index is 12.9. The van der Waals surface area contributed by atoms with Crippen LogP contribution in [0.25, 0.3) is 10.9 Å². The number of halogens is 3. The zero-order chi connectivity index (χ0) is 29.0. The highest BCUT2D eigenvalue weighted by atomic mass is 19.4. The number of aromatic nitrogens is 2. The molecule has 41 heavy (non-hydrogen) atoms. The molecule has 12 heteroatoms. The number of fused-ring (bicyclic) bond motifs is 1. The number of nitrogens with zero attached hydrogens (tertiary/aromatic N) is 4. The van der Waals surface area contributed by atoms with Crippen molar-refractivity contribution in [2.45, 2.75) is 32.7 Å². The van der Waals surface area contributed by atoms with Gasteiger partial charge in [0.2, 0.25) is 0 Å². The predicted molar refractivity (Wildman–Crippen MR) is 146 cm³/mol. The van der Waals surface area contributed by atoms with Crippen LogP contribution in [0.5, 0.6) is 5.75 Å². The number of morpholine rings is 1. The van der Waals surface area contributed by atoms with E-state index >= 15 is 0 Å². The van der Waals surface area contributed by atoms with Crippen molar-refractivity contribution in [1.29, 1.82) is 0 Å². The fraction of sp³-hybridized carbons (Fsp3) is 0.483. The lowest BCUT2D eigenvalue weighted by Gasteiger charge is -2.32. The molecule has 2 aliphatic rings. The summed E-state index contributed by atoms with van der Waals surface area (Å²) in [5, 5.41) is 8.69. The number of amides is 2. The molecule has 1 N–H and O–H groups in total. The Bertz CT molecular complexity index is 1360. The highest BCUT2D eigenvalue weighted by Gasteiger charge is 2.31. The topological polar surface area (TPSA) is 88.9 Å². The molecule has 0 unspecified atom stereocenters. The number of aryl methyl sites for hydroxylation is 1. The molecular weight excluding hydrogens is 539 g/mol. The van der Waals surface area contributed by atoms with Gasteiger partial charge in [-0.3, -0.25) is 19.2 Å². The van der Waals surface area contributed by atoms with Crippen LogP contribution < -0.4 is 10.1 Å². The van der Waals surface area contributed by atoms with E-state index in [-0.39, 0.29) is 17.6 Å². The highest BCUT2D eigenvalue weighted by molar-refractivity contribution is 6.00. The molecular formula is C29H34F3N5O4. The molecule has 3 heterocycles. The van der Waals surface area contributed by atoms with Crippen LogP contribution in [-0.4, -0.2) is 90.2 Å². The zero-order valence-electron chi connectivity index (χ0n) is 23.0. The number of carbonyl (C=O) groups is 2. The zero-order valence-corrected chi connectivity index (χ0v) is 23.0. The third kappa shape index (κ3) is 7.36. The quantitative estimate of drug-likeness (QED) is 0.441. The van der Waals surface area contributed by atoms with E-state index in [2.05, 4.69) is 15.0 Å². The van der Waals surface area contributed by atoms with Crippen molar-refractivity contribution in [3.05, 3.63) is 59.3 Å². The molecule has 0 spiro atoms. The molecule has 2 fully saturated rings. The van der Waals surface area contributed by atoms with Gasteiger partial charge >= 0.3 is 6.36 Å². The van der Waals surface area contributed by atoms with Gasteiger partial charge in [-0.25, -0.2) is 0 Å². The summed E-state index contributed by atoms with van der Waals surface area (Å²) in [5.41, 5.74) is 2.69. The first-order valence-electron chi connectivity index (χ1n) is 13.9. The second kappa shape index (κ2) is 12.5. The van der Waals surface area contributed by atoms with Crippen molar-refractivity contribution in [3.63, 3.8) is 0 Å². The molecule has 0 atom stereocenters. The summed E-state index contributed by atoms with van der Waals surface area (Å²) in [7, 11) is 0. The molecule has 0 radical (unpaired) electrons. The van der Waals surface area contributed by atoms with E-state index in [4.69, 9.17) is 9.84 Å². The summed E-state index contributed by atoms with van der Waals surface area (Å²) >= 11 is 0. The number of carbonyl (C=O) groups excluding carboxylic acids is 2. The monoisotopic (exact) mass is 573 g/mol. The Morgan fingerprint density at radius 2 is 1.76 bits per heavy atom. The largest absolute Gasteiger partial charge is 0.573 e. The molecule has 9 nitrogen and oxygen atoms in total. The lowest BCUT2D eigenvalue weighted by atomic mass is 9.96. The minimum atomic E-state index is -4.77. The van der Waals surface area contributed by atoms with Crippen LogP contribution in [0.4, 0.5) is 13.2 Å². The van der Waals surface area contributed by atoms with E-state index < -0.39 is 6.36 Å². The summed E-state index contributed by atoms with van der Waals surface area (Å²) in [6, 6.07) is 8.71. The smallest absolute Gasteiger partial charge is 0.406 e. The summed E-state index contributed by atoms with van der Waals surface area (Å²) < 4.78 is 48.3. The number of likely N-dealkylation sites (tertiary alicyclic amines) is 1. The molecule has 220 valence electrons. The SMILES string of the molecule is Cc1c(C(=O)NCCN2CCOCC2)ccc2nn(CC3CCN(C(=O)c4ccc(OC(F)(F)F)cc4)CC3)cc12. The number of piperidine rings is 1. The van der Waals surface area contributed by atoms with Gasteiger partial charge in [0, 0.05) is 68.5 Å². The molecule has 0 aliphatic carbocycles. The molecule has 5 rings (SSSR count). The van der Waals surface area contributed by atoms with Crippen LogP contribution in [0.1, 0.15) is 39.1 Å². The number of hydrogen-bond acceptors (Lipinski definition) is 6. The normalized spacial score (nSPS) is 17.1. The van der Waals surface area contributed by atoms with Crippen molar-refractivity contribution >= 4 is 22.7 Å². The Hall–Kier alpha value is -3.64. The van der Waals surface area contributed by atoms with E-state index in [0.29, 0.717) is 43.2 Å². The van der Waals surface area contributed by atoms with Gasteiger partial charge in [0.05, 0.1) is 18.7 Å². The maximum Gasteiger partial charge on any atom is 0.573 e. The van der Waals surface area contributed by atoms with Gasteiger partial charge in [0.15, 0.2) is 0 Å². The number of alkyl halides is 3. The van der Waals surface area contributed by atoms with E-state index in [1.807, 2.05) is 29.9 Å². The first-order valence-corrected chi connectivity index (χ1v) is 13.9. The van der Waals surface area contributed by atoms with Crippen LogP contribution >= 0.6 is 0 Å². The maximum atomic E-state index is 12.9. The van der Waals surface area contributed by atoms with Gasteiger partial charge < -0.3 is 19.7 Å². The van der Waals surface area contributed by atoms with Crippen molar-refractivity contribution in [1.82, 2.24) is 24.9 Å². The number of ether oxygens (including phenoxy) is 2. The van der Waals surface area contributed by atoms with E-state index in [1.54, 1.807) is 4.90 Å². The third-order valence-corrected chi connectivity index (χ3v) is 7.75. The Kier molecular flexibility index (Phi) is 8.79. The van der Waals surface area contributed by atoms with Gasteiger partial charge in [-0.15, -0.1) is 13.2 Å². The van der Waals surface area contributed by atoms with Crippen molar-refractivity contribution < 1.29 is 32.2 Å². The highest BCUT2D eigenvalue weighted by Crippen LogP contribution is 2.26. The second-order valence-corrected chi connectivity index (χ2v) is 10.5. The van der Waals surface area contributed by atoms with Crippen LogP contribution in [0, 0.1) is 12.8 Å². The Labute approximate surface area is 236 Å². The average molecular weight is 574 g/mol. The number of nitrogens with one attached hydrogen (secondary N) is 1. The summed E-state index contributed by atoms with van der Waals surface area (Å²) in [6.45, 7) is 8.34. The lowest BCUT2D eigenvalue weighted by Crippen LogP contribution is -2.41. The molecule has 2 aliphatic heterocycles. The number of hydrogen-bond donors (Lipinski definition) is 1. The standard InChI is InChI=1S/C29H34F3N5O4/c1-20-24(27(38)33-10-13-35-14-16-40-17-15-35)6-7-26-25(20)19-37(34-26)18-21-8-11-36(12-9-21)28(39)22-2-4-23(5-3-22)41-29(30,31)32/h2-7,19,21H,8-18H2,1H3,(H,33,38). The first kappa shape index (κ1) is 28.9. The summed E-state index contributed by atoms with van der Waals surface area (Å²) in [6.07, 6.45) is -1.22. The molecule has 2 saturated heterocycles. The Morgan fingerprint density at radius 1 is 1.05 bits per heavy atom. The summed E-state index contributed by atoms with van der Waals surface area (Å²) in [5.74, 6) is -0.339. The van der Waals surface area contributed by atoms with E-state index in [9.17, 15) is 22.8 Å². The van der Waals surface area contributed by atoms with Gasteiger partial charge in [-0.05, 0) is 67.6 Å². The van der Waals surface area contributed by atoms with Crippen LogP contribution in [0.2, 0.25) is 0 Å². The molecule has 2 aromatic carbocycles. The fourth-order valence-electron chi connectivity index (χ4n) is 5.43. The average Bonchev–Trinajstić information content (AvgIpc) is 3.37. The molecule has 3 aromatic rings. The Morgan fingerprint density at radius 3 is 2.44 bits per heavy atom. The van der Waals surface area contributed by atoms with Crippen LogP contribution in [0.3, 0.4) is 0 Å². The minimum absolute atomic E-state index is 0.0926. The van der Waals surface area contributed by atoms with Crippen molar-refractivity contribution in [3.8, 4) is 5.75 Å². The van der Waals surface area contributed by atoms with Crippen molar-refractivity contribution in [2.75, 3.05) is 52.5 Å². The molecule has 2 amide bonds. The molecule has 0 saturated carbocycles. The number of rotatable bonds is 8. The Balaban J connectivity index is 1.13. The van der Waals surface area contributed by atoms with E-state index in [0.717, 1.165) is 74.3 Å². The first-order chi connectivity index (χ1) is 19.7. The molecule has 0 bridgehead atoms.